The summed E-state index contributed by atoms with van der Waals surface area (Å²) in [7, 11) is 0. The molecule has 0 aliphatic heterocycles. The molecule has 0 fully saturated rings. The Labute approximate surface area is 94.4 Å². The van der Waals surface area contributed by atoms with Crippen LogP contribution < -0.4 is 5.32 Å². The van der Waals surface area contributed by atoms with Gasteiger partial charge in [-0.05, 0) is 24.3 Å². The fourth-order valence-corrected chi connectivity index (χ4v) is 1.42. The molecule has 0 amide bonds. The Morgan fingerprint density at radius 2 is 1.81 bits per heavy atom. The highest BCUT2D eigenvalue weighted by molar-refractivity contribution is 5.46. The minimum atomic E-state index is -0.413. The summed E-state index contributed by atoms with van der Waals surface area (Å²) in [5.41, 5.74) is 1.65. The van der Waals surface area contributed by atoms with Gasteiger partial charge < -0.3 is 5.32 Å². The molecule has 2 rings (SSSR count). The second-order valence-electron chi connectivity index (χ2n) is 3.33. The third kappa shape index (κ3) is 2.37. The standard InChI is InChI=1S/C13H11N3/c14-10-13(12-8-4-5-9-15-12)16-11-6-2-1-3-7-11/h1-9,13,16H/t13-/m1/s1. The molecule has 0 aliphatic rings. The van der Waals surface area contributed by atoms with Gasteiger partial charge in [-0.25, -0.2) is 0 Å². The van der Waals surface area contributed by atoms with E-state index in [1.807, 2.05) is 48.5 Å². The lowest BCUT2D eigenvalue weighted by atomic mass is 10.2. The summed E-state index contributed by atoms with van der Waals surface area (Å²) >= 11 is 0. The van der Waals surface area contributed by atoms with Crippen molar-refractivity contribution in [2.75, 3.05) is 5.32 Å². The van der Waals surface area contributed by atoms with Gasteiger partial charge in [0, 0.05) is 11.9 Å². The number of aromatic nitrogens is 1. The van der Waals surface area contributed by atoms with E-state index < -0.39 is 6.04 Å². The van der Waals surface area contributed by atoms with Gasteiger partial charge in [0.15, 0.2) is 6.04 Å². The fraction of sp³-hybridized carbons (Fsp3) is 0.0769. The summed E-state index contributed by atoms with van der Waals surface area (Å²) < 4.78 is 0. The molecule has 1 aromatic carbocycles. The van der Waals surface area contributed by atoms with Gasteiger partial charge in [-0.15, -0.1) is 0 Å². The maximum absolute atomic E-state index is 9.09. The number of nitrogens with one attached hydrogen (secondary N) is 1. The smallest absolute Gasteiger partial charge is 0.157 e. The lowest BCUT2D eigenvalue weighted by molar-refractivity contribution is 0.934. The Bertz CT molecular complexity index is 474. The van der Waals surface area contributed by atoms with E-state index in [1.54, 1.807) is 6.20 Å². The molecule has 3 nitrogen and oxygen atoms in total. The molecule has 2 aromatic rings. The van der Waals surface area contributed by atoms with Crippen LogP contribution in [0.15, 0.2) is 54.7 Å². The molecule has 0 aliphatic carbocycles. The predicted molar refractivity (Wildman–Crippen MR) is 62.7 cm³/mol. The number of pyridine rings is 1. The highest BCUT2D eigenvalue weighted by atomic mass is 14.9. The molecule has 1 N–H and O–H groups in total. The van der Waals surface area contributed by atoms with E-state index in [9.17, 15) is 0 Å². The van der Waals surface area contributed by atoms with Crippen LogP contribution >= 0.6 is 0 Å². The first-order chi connectivity index (χ1) is 7.90. The first-order valence-corrected chi connectivity index (χ1v) is 5.02. The highest BCUT2D eigenvalue weighted by Gasteiger charge is 2.10. The molecule has 16 heavy (non-hydrogen) atoms. The number of para-hydroxylation sites is 1. The number of nitriles is 1. The third-order valence-electron chi connectivity index (χ3n) is 2.20. The molecule has 1 aromatic heterocycles. The van der Waals surface area contributed by atoms with Crippen molar-refractivity contribution in [1.29, 1.82) is 5.26 Å². The van der Waals surface area contributed by atoms with Crippen LogP contribution in [0, 0.1) is 11.3 Å². The second-order valence-corrected chi connectivity index (χ2v) is 3.33. The van der Waals surface area contributed by atoms with E-state index in [0.717, 1.165) is 11.4 Å². The van der Waals surface area contributed by atoms with Crippen molar-refractivity contribution in [3.05, 3.63) is 60.4 Å². The third-order valence-corrected chi connectivity index (χ3v) is 2.20. The SMILES string of the molecule is N#C[C@@H](Nc1ccccc1)c1ccccn1. The van der Waals surface area contributed by atoms with Crippen molar-refractivity contribution in [3.63, 3.8) is 0 Å². The minimum Gasteiger partial charge on any atom is -0.365 e. The van der Waals surface area contributed by atoms with Gasteiger partial charge >= 0.3 is 0 Å². The van der Waals surface area contributed by atoms with Gasteiger partial charge in [0.2, 0.25) is 0 Å². The molecule has 0 spiro atoms. The average molecular weight is 209 g/mol. The van der Waals surface area contributed by atoms with Crippen LogP contribution in [-0.2, 0) is 0 Å². The Morgan fingerprint density at radius 1 is 1.06 bits per heavy atom. The van der Waals surface area contributed by atoms with E-state index in [4.69, 9.17) is 5.26 Å². The Balaban J connectivity index is 2.17. The van der Waals surface area contributed by atoms with Gasteiger partial charge in [0.05, 0.1) is 11.8 Å². The Morgan fingerprint density at radius 3 is 2.44 bits per heavy atom. The number of benzene rings is 1. The monoisotopic (exact) mass is 209 g/mol. The summed E-state index contributed by atoms with van der Waals surface area (Å²) in [5, 5.41) is 12.2. The number of nitrogens with zero attached hydrogens (tertiary/aromatic N) is 2. The molecule has 1 heterocycles. The lowest BCUT2D eigenvalue weighted by Crippen LogP contribution is -2.09. The maximum atomic E-state index is 9.09. The van der Waals surface area contributed by atoms with Crippen molar-refractivity contribution in [3.8, 4) is 6.07 Å². The second kappa shape index (κ2) is 4.94. The molecule has 0 bridgehead atoms. The van der Waals surface area contributed by atoms with E-state index >= 15 is 0 Å². The van der Waals surface area contributed by atoms with Crippen LogP contribution in [0.1, 0.15) is 11.7 Å². The number of rotatable bonds is 3. The van der Waals surface area contributed by atoms with Crippen molar-refractivity contribution >= 4 is 5.69 Å². The largest absolute Gasteiger partial charge is 0.365 e. The minimum absolute atomic E-state index is 0.413. The normalized spacial score (nSPS) is 11.4. The molecule has 78 valence electrons. The zero-order valence-electron chi connectivity index (χ0n) is 8.67. The predicted octanol–water partition coefficient (Wildman–Crippen LogP) is 2.76. The summed E-state index contributed by atoms with van der Waals surface area (Å²) in [6.07, 6.45) is 1.69. The molecule has 1 atom stereocenters. The van der Waals surface area contributed by atoms with Crippen molar-refractivity contribution < 1.29 is 0 Å². The molecule has 0 saturated heterocycles. The van der Waals surface area contributed by atoms with Crippen molar-refractivity contribution in [1.82, 2.24) is 4.98 Å². The molecule has 0 unspecified atom stereocenters. The van der Waals surface area contributed by atoms with Crippen LogP contribution in [0.4, 0.5) is 5.69 Å². The summed E-state index contributed by atoms with van der Waals surface area (Å²) in [4.78, 5) is 4.16. The van der Waals surface area contributed by atoms with E-state index in [1.165, 1.54) is 0 Å². The zero-order valence-corrected chi connectivity index (χ0v) is 8.67. The van der Waals surface area contributed by atoms with Gasteiger partial charge in [-0.2, -0.15) is 5.26 Å². The summed E-state index contributed by atoms with van der Waals surface area (Å²) in [6, 6.07) is 17.0. The van der Waals surface area contributed by atoms with Gasteiger partial charge in [0.25, 0.3) is 0 Å². The first-order valence-electron chi connectivity index (χ1n) is 5.02. The van der Waals surface area contributed by atoms with Crippen LogP contribution in [0.2, 0.25) is 0 Å². The summed E-state index contributed by atoms with van der Waals surface area (Å²) in [5.74, 6) is 0. The summed E-state index contributed by atoms with van der Waals surface area (Å²) in [6.45, 7) is 0. The lowest BCUT2D eigenvalue weighted by Gasteiger charge is -2.11. The highest BCUT2D eigenvalue weighted by Crippen LogP contribution is 2.16. The van der Waals surface area contributed by atoms with Crippen LogP contribution in [0.5, 0.6) is 0 Å². The van der Waals surface area contributed by atoms with E-state index in [0.29, 0.717) is 0 Å². The van der Waals surface area contributed by atoms with Gasteiger partial charge in [-0.1, -0.05) is 24.3 Å². The van der Waals surface area contributed by atoms with Crippen molar-refractivity contribution in [2.24, 2.45) is 0 Å². The molecule has 3 heteroatoms. The number of hydrogen-bond donors (Lipinski definition) is 1. The van der Waals surface area contributed by atoms with Gasteiger partial charge in [-0.3, -0.25) is 4.98 Å². The Hall–Kier alpha value is -2.34. The fourth-order valence-electron chi connectivity index (χ4n) is 1.42. The zero-order chi connectivity index (χ0) is 11.2. The average Bonchev–Trinajstić information content (AvgIpc) is 2.38. The number of anilines is 1. The van der Waals surface area contributed by atoms with Crippen molar-refractivity contribution in [2.45, 2.75) is 6.04 Å². The quantitative estimate of drug-likeness (QED) is 0.845. The topological polar surface area (TPSA) is 48.7 Å². The molecule has 0 saturated carbocycles. The number of hydrogen-bond acceptors (Lipinski definition) is 3. The van der Waals surface area contributed by atoms with E-state index in [2.05, 4.69) is 16.4 Å². The molecule has 0 radical (unpaired) electrons. The maximum Gasteiger partial charge on any atom is 0.157 e. The first kappa shape index (κ1) is 10.2. The van der Waals surface area contributed by atoms with Gasteiger partial charge in [0.1, 0.15) is 0 Å². The van der Waals surface area contributed by atoms with Crippen LogP contribution in [-0.4, -0.2) is 4.98 Å². The van der Waals surface area contributed by atoms with Crippen LogP contribution in [0.3, 0.4) is 0 Å². The Kier molecular flexibility index (Phi) is 3.15. The van der Waals surface area contributed by atoms with E-state index in [-0.39, 0.29) is 0 Å². The molecular weight excluding hydrogens is 198 g/mol. The molecular formula is C13H11N3. The van der Waals surface area contributed by atoms with Crippen LogP contribution in [0.25, 0.3) is 0 Å².